The normalized spacial score (nSPS) is 22.8. The second-order valence-electron chi connectivity index (χ2n) is 5.74. The maximum absolute atomic E-state index is 12.5. The molecule has 1 fully saturated rings. The van der Waals surface area contributed by atoms with E-state index in [0.717, 1.165) is 28.9 Å². The predicted octanol–water partition coefficient (Wildman–Crippen LogP) is 3.55. The molecule has 1 aliphatic heterocycles. The molecule has 21 heavy (non-hydrogen) atoms. The first kappa shape index (κ1) is 18.8. The number of rotatable bonds is 4. The lowest BCUT2D eigenvalue weighted by atomic mass is 9.90. The van der Waals surface area contributed by atoms with Crippen LogP contribution in [0.5, 0.6) is 0 Å². The van der Waals surface area contributed by atoms with Gasteiger partial charge >= 0.3 is 0 Å². The standard InChI is InChI=1S/C15H21BrN2OS.ClH/c1-11(20-13-5-3-12(16)4-6-13)14(19)18-8-7-15(2,9-17)10-18;/h3-6,11H,7-10,17H2,1-2H3;1H. The Bertz CT molecular complexity index is 485. The molecule has 1 aromatic rings. The van der Waals surface area contributed by atoms with Crippen molar-refractivity contribution in [1.29, 1.82) is 0 Å². The largest absolute Gasteiger partial charge is 0.341 e. The van der Waals surface area contributed by atoms with Crippen LogP contribution in [0.25, 0.3) is 0 Å². The fraction of sp³-hybridized carbons (Fsp3) is 0.533. The molecule has 6 heteroatoms. The lowest BCUT2D eigenvalue weighted by molar-refractivity contribution is -0.129. The molecular formula is C15H22BrClN2OS. The summed E-state index contributed by atoms with van der Waals surface area (Å²) in [7, 11) is 0. The molecule has 0 bridgehead atoms. The van der Waals surface area contributed by atoms with Crippen LogP contribution in [0.3, 0.4) is 0 Å². The fourth-order valence-electron chi connectivity index (χ4n) is 2.40. The van der Waals surface area contributed by atoms with Gasteiger partial charge in [0.2, 0.25) is 5.91 Å². The Kier molecular flexibility index (Phi) is 7.04. The van der Waals surface area contributed by atoms with Gasteiger partial charge in [-0.1, -0.05) is 22.9 Å². The van der Waals surface area contributed by atoms with Gasteiger partial charge < -0.3 is 10.6 Å². The number of thioether (sulfide) groups is 1. The monoisotopic (exact) mass is 392 g/mol. The molecule has 2 unspecified atom stereocenters. The van der Waals surface area contributed by atoms with Gasteiger partial charge in [0.05, 0.1) is 5.25 Å². The van der Waals surface area contributed by atoms with Crippen LogP contribution >= 0.6 is 40.1 Å². The van der Waals surface area contributed by atoms with Crippen molar-refractivity contribution in [2.45, 2.75) is 30.4 Å². The number of likely N-dealkylation sites (tertiary alicyclic amines) is 1. The zero-order chi connectivity index (χ0) is 14.8. The van der Waals surface area contributed by atoms with Crippen LogP contribution in [0.2, 0.25) is 0 Å². The van der Waals surface area contributed by atoms with E-state index in [-0.39, 0.29) is 29.0 Å². The van der Waals surface area contributed by atoms with E-state index in [0.29, 0.717) is 6.54 Å². The zero-order valence-electron chi connectivity index (χ0n) is 12.3. The summed E-state index contributed by atoms with van der Waals surface area (Å²) < 4.78 is 1.05. The Morgan fingerprint density at radius 3 is 2.62 bits per heavy atom. The summed E-state index contributed by atoms with van der Waals surface area (Å²) in [5, 5.41) is -0.0590. The lowest BCUT2D eigenvalue weighted by Crippen LogP contribution is -2.38. The second-order valence-corrected chi connectivity index (χ2v) is 8.07. The summed E-state index contributed by atoms with van der Waals surface area (Å²) in [5.41, 5.74) is 5.89. The Morgan fingerprint density at radius 1 is 1.48 bits per heavy atom. The van der Waals surface area contributed by atoms with Crippen molar-refractivity contribution in [3.63, 3.8) is 0 Å². The van der Waals surface area contributed by atoms with Crippen molar-refractivity contribution in [2.75, 3.05) is 19.6 Å². The van der Waals surface area contributed by atoms with Gasteiger partial charge in [0.15, 0.2) is 0 Å². The molecule has 0 saturated carbocycles. The molecule has 1 heterocycles. The van der Waals surface area contributed by atoms with Crippen LogP contribution in [0.4, 0.5) is 0 Å². The number of nitrogens with zero attached hydrogens (tertiary/aromatic N) is 1. The van der Waals surface area contributed by atoms with E-state index < -0.39 is 0 Å². The van der Waals surface area contributed by atoms with Crippen LogP contribution in [0.1, 0.15) is 20.3 Å². The van der Waals surface area contributed by atoms with Gasteiger partial charge in [-0.05, 0) is 49.6 Å². The minimum atomic E-state index is -0.0590. The highest BCUT2D eigenvalue weighted by Crippen LogP contribution is 2.31. The van der Waals surface area contributed by atoms with E-state index in [1.165, 1.54) is 0 Å². The van der Waals surface area contributed by atoms with E-state index >= 15 is 0 Å². The summed E-state index contributed by atoms with van der Waals surface area (Å²) in [5.74, 6) is 0.218. The van der Waals surface area contributed by atoms with Crippen LogP contribution < -0.4 is 5.73 Å². The molecule has 2 N–H and O–H groups in total. The summed E-state index contributed by atoms with van der Waals surface area (Å²) in [6.07, 6.45) is 1.00. The van der Waals surface area contributed by atoms with Crippen LogP contribution in [-0.2, 0) is 4.79 Å². The minimum Gasteiger partial charge on any atom is -0.341 e. The highest BCUT2D eigenvalue weighted by molar-refractivity contribution is 9.10. The smallest absolute Gasteiger partial charge is 0.235 e. The lowest BCUT2D eigenvalue weighted by Gasteiger charge is -2.24. The highest BCUT2D eigenvalue weighted by Gasteiger charge is 2.36. The first-order chi connectivity index (χ1) is 9.43. The van der Waals surface area contributed by atoms with Crippen LogP contribution in [0, 0.1) is 5.41 Å². The number of halogens is 2. The SMILES string of the molecule is CC(Sc1ccc(Br)cc1)C(=O)N1CCC(C)(CN)C1.Cl. The third-order valence-electron chi connectivity index (χ3n) is 3.84. The van der Waals surface area contributed by atoms with Gasteiger partial charge in [-0.3, -0.25) is 4.79 Å². The molecule has 1 amide bonds. The molecule has 0 radical (unpaired) electrons. The Balaban J connectivity index is 0.00000220. The van der Waals surface area contributed by atoms with E-state index in [9.17, 15) is 4.79 Å². The topological polar surface area (TPSA) is 46.3 Å². The molecule has 0 aromatic heterocycles. The summed E-state index contributed by atoms with van der Waals surface area (Å²) >= 11 is 5.03. The average molecular weight is 394 g/mol. The summed E-state index contributed by atoms with van der Waals surface area (Å²) in [6, 6.07) is 8.07. The summed E-state index contributed by atoms with van der Waals surface area (Å²) in [4.78, 5) is 15.6. The maximum atomic E-state index is 12.5. The van der Waals surface area contributed by atoms with Crippen molar-refractivity contribution in [2.24, 2.45) is 11.1 Å². The van der Waals surface area contributed by atoms with E-state index in [2.05, 4.69) is 22.9 Å². The van der Waals surface area contributed by atoms with Gasteiger partial charge in [-0.2, -0.15) is 0 Å². The van der Waals surface area contributed by atoms with Crippen molar-refractivity contribution < 1.29 is 4.79 Å². The molecule has 3 nitrogen and oxygen atoms in total. The molecule has 0 spiro atoms. The number of nitrogens with two attached hydrogens (primary N) is 1. The Labute approximate surface area is 145 Å². The summed E-state index contributed by atoms with van der Waals surface area (Å²) in [6.45, 7) is 6.40. The first-order valence-electron chi connectivity index (χ1n) is 6.85. The van der Waals surface area contributed by atoms with Crippen molar-refractivity contribution >= 4 is 46.0 Å². The third kappa shape index (κ3) is 4.88. The molecule has 2 rings (SSSR count). The molecule has 0 aliphatic carbocycles. The van der Waals surface area contributed by atoms with Gasteiger partial charge in [0, 0.05) is 22.5 Å². The first-order valence-corrected chi connectivity index (χ1v) is 8.52. The quantitative estimate of drug-likeness (QED) is 0.796. The number of amides is 1. The van der Waals surface area contributed by atoms with Crippen LogP contribution in [-0.4, -0.2) is 35.7 Å². The fourth-order valence-corrected chi connectivity index (χ4v) is 3.62. The Morgan fingerprint density at radius 2 is 2.10 bits per heavy atom. The predicted molar refractivity (Wildman–Crippen MR) is 95.1 cm³/mol. The number of hydrogen-bond donors (Lipinski definition) is 1. The van der Waals surface area contributed by atoms with Crippen molar-refractivity contribution in [1.82, 2.24) is 4.90 Å². The molecule has 118 valence electrons. The number of carbonyl (C=O) groups is 1. The molecule has 1 aliphatic rings. The van der Waals surface area contributed by atoms with Gasteiger partial charge in [0.25, 0.3) is 0 Å². The minimum absolute atomic E-state index is 0. The van der Waals surface area contributed by atoms with Gasteiger partial charge in [-0.25, -0.2) is 0 Å². The average Bonchev–Trinajstić information content (AvgIpc) is 2.84. The van der Waals surface area contributed by atoms with E-state index in [1.807, 2.05) is 36.1 Å². The number of hydrogen-bond acceptors (Lipinski definition) is 3. The zero-order valence-corrected chi connectivity index (χ0v) is 15.6. The van der Waals surface area contributed by atoms with Gasteiger partial charge in [-0.15, -0.1) is 24.2 Å². The van der Waals surface area contributed by atoms with Crippen LogP contribution in [0.15, 0.2) is 33.6 Å². The molecule has 1 saturated heterocycles. The van der Waals surface area contributed by atoms with Crippen molar-refractivity contribution in [3.8, 4) is 0 Å². The molecular weight excluding hydrogens is 372 g/mol. The highest BCUT2D eigenvalue weighted by atomic mass is 79.9. The van der Waals surface area contributed by atoms with E-state index in [4.69, 9.17) is 5.73 Å². The Hall–Kier alpha value is -0.230. The number of benzene rings is 1. The molecule has 1 aromatic carbocycles. The number of carbonyl (C=O) groups excluding carboxylic acids is 1. The maximum Gasteiger partial charge on any atom is 0.235 e. The molecule has 2 atom stereocenters. The second kappa shape index (κ2) is 7.86. The third-order valence-corrected chi connectivity index (χ3v) is 5.46. The van der Waals surface area contributed by atoms with Crippen molar-refractivity contribution in [3.05, 3.63) is 28.7 Å². The van der Waals surface area contributed by atoms with E-state index in [1.54, 1.807) is 11.8 Å². The van der Waals surface area contributed by atoms with Gasteiger partial charge in [0.1, 0.15) is 0 Å².